The molecule has 7 heteroatoms. The van der Waals surface area contributed by atoms with Crippen LogP contribution in [0.4, 0.5) is 0 Å². The van der Waals surface area contributed by atoms with Crippen molar-refractivity contribution in [3.63, 3.8) is 0 Å². The van der Waals surface area contributed by atoms with Crippen LogP contribution in [0.2, 0.25) is 0 Å². The Kier molecular flexibility index (Phi) is 7.50. The number of phenols is 1. The predicted octanol–water partition coefficient (Wildman–Crippen LogP) is 4.77. The summed E-state index contributed by atoms with van der Waals surface area (Å²) < 4.78 is 11.1. The monoisotopic (exact) mass is 487 g/mol. The lowest BCUT2D eigenvalue weighted by Gasteiger charge is -2.40. The molecule has 1 saturated heterocycles. The van der Waals surface area contributed by atoms with Crippen molar-refractivity contribution in [3.05, 3.63) is 89.5 Å². The number of ketones is 1. The van der Waals surface area contributed by atoms with E-state index in [4.69, 9.17) is 9.47 Å². The fourth-order valence-electron chi connectivity index (χ4n) is 4.61. The van der Waals surface area contributed by atoms with E-state index in [0.29, 0.717) is 25.0 Å². The Hall–Kier alpha value is -3.97. The summed E-state index contributed by atoms with van der Waals surface area (Å²) in [5.41, 5.74) is 0.282. The van der Waals surface area contributed by atoms with Crippen LogP contribution in [0.25, 0.3) is 0 Å². The SMILES string of the molecule is CCC(=O)C1(c2cccc(OC(=O)c3ccccc3OC(=O)c3ccccc3O)c2)CCN(C)CC1. The van der Waals surface area contributed by atoms with Gasteiger partial charge in [0, 0.05) is 6.42 Å². The van der Waals surface area contributed by atoms with Crippen molar-refractivity contribution in [1.29, 1.82) is 0 Å². The first kappa shape index (κ1) is 25.1. The first-order chi connectivity index (χ1) is 17.3. The van der Waals surface area contributed by atoms with Gasteiger partial charge < -0.3 is 19.5 Å². The molecule has 0 unspecified atom stereocenters. The minimum Gasteiger partial charge on any atom is -0.507 e. The smallest absolute Gasteiger partial charge is 0.347 e. The van der Waals surface area contributed by atoms with E-state index in [-0.39, 0.29) is 28.4 Å². The number of rotatable bonds is 7. The molecule has 1 heterocycles. The molecule has 3 aromatic carbocycles. The van der Waals surface area contributed by atoms with Crippen LogP contribution in [-0.4, -0.2) is 47.9 Å². The van der Waals surface area contributed by atoms with E-state index >= 15 is 0 Å². The molecule has 0 atom stereocenters. The van der Waals surface area contributed by atoms with Gasteiger partial charge >= 0.3 is 11.9 Å². The molecule has 4 rings (SSSR count). The van der Waals surface area contributed by atoms with E-state index < -0.39 is 17.4 Å². The number of ether oxygens (including phenoxy) is 2. The van der Waals surface area contributed by atoms with Crippen molar-refractivity contribution in [2.24, 2.45) is 0 Å². The number of para-hydroxylation sites is 2. The molecule has 1 N–H and O–H groups in total. The second-order valence-electron chi connectivity index (χ2n) is 8.98. The van der Waals surface area contributed by atoms with Crippen LogP contribution in [0.5, 0.6) is 17.2 Å². The van der Waals surface area contributed by atoms with Crippen LogP contribution < -0.4 is 9.47 Å². The van der Waals surface area contributed by atoms with Crippen LogP contribution in [0.1, 0.15) is 52.5 Å². The maximum Gasteiger partial charge on any atom is 0.347 e. The van der Waals surface area contributed by atoms with Gasteiger partial charge in [-0.2, -0.15) is 0 Å². The standard InChI is InChI=1S/C29H29NO6/c1-3-26(32)29(15-17-30(2)18-16-29)20-9-8-10-21(19-20)35-28(34)23-12-5-7-14-25(23)36-27(33)22-11-4-6-13-24(22)31/h4-14,19,31H,3,15-18H2,1-2H3. The third-order valence-corrected chi connectivity index (χ3v) is 6.73. The van der Waals surface area contributed by atoms with Crippen LogP contribution in [-0.2, 0) is 10.2 Å². The first-order valence-corrected chi connectivity index (χ1v) is 12.0. The molecule has 1 fully saturated rings. The molecule has 1 aliphatic heterocycles. The van der Waals surface area contributed by atoms with Gasteiger partial charge in [-0.1, -0.05) is 43.3 Å². The van der Waals surface area contributed by atoms with Gasteiger partial charge in [0.25, 0.3) is 0 Å². The molecule has 3 aromatic rings. The maximum absolute atomic E-state index is 13.1. The highest BCUT2D eigenvalue weighted by Gasteiger charge is 2.41. The van der Waals surface area contributed by atoms with Crippen LogP contribution in [0, 0.1) is 0 Å². The zero-order valence-corrected chi connectivity index (χ0v) is 20.4. The number of likely N-dealkylation sites (tertiary alicyclic amines) is 1. The van der Waals surface area contributed by atoms with E-state index in [1.54, 1.807) is 42.5 Å². The molecule has 0 aromatic heterocycles. The van der Waals surface area contributed by atoms with E-state index in [2.05, 4.69) is 4.90 Å². The lowest BCUT2D eigenvalue weighted by Crippen LogP contribution is -2.46. The lowest BCUT2D eigenvalue weighted by atomic mass is 9.69. The van der Waals surface area contributed by atoms with Crippen molar-refractivity contribution in [1.82, 2.24) is 4.90 Å². The molecule has 7 nitrogen and oxygen atoms in total. The van der Waals surface area contributed by atoms with Crippen molar-refractivity contribution in [2.75, 3.05) is 20.1 Å². The van der Waals surface area contributed by atoms with Crippen LogP contribution in [0.3, 0.4) is 0 Å². The number of esters is 2. The molecule has 0 spiro atoms. The molecule has 186 valence electrons. The topological polar surface area (TPSA) is 93.1 Å². The number of aromatic hydroxyl groups is 1. The number of hydrogen-bond acceptors (Lipinski definition) is 7. The minimum atomic E-state index is -0.794. The largest absolute Gasteiger partial charge is 0.507 e. The summed E-state index contributed by atoms with van der Waals surface area (Å²) in [5.74, 6) is -1.21. The number of hydrogen-bond donors (Lipinski definition) is 1. The first-order valence-electron chi connectivity index (χ1n) is 12.0. The van der Waals surface area contributed by atoms with Gasteiger partial charge in [0.2, 0.25) is 0 Å². The van der Waals surface area contributed by atoms with E-state index in [1.165, 1.54) is 24.3 Å². The lowest BCUT2D eigenvalue weighted by molar-refractivity contribution is -0.126. The number of piperidine rings is 1. The molecular weight excluding hydrogens is 458 g/mol. The Bertz CT molecular complexity index is 1280. The maximum atomic E-state index is 13.1. The van der Waals surface area contributed by atoms with E-state index in [1.807, 2.05) is 20.0 Å². The molecule has 0 saturated carbocycles. The zero-order valence-electron chi connectivity index (χ0n) is 20.4. The van der Waals surface area contributed by atoms with Gasteiger partial charge in [-0.15, -0.1) is 0 Å². The molecule has 1 aliphatic rings. The normalized spacial score (nSPS) is 15.2. The fourth-order valence-corrected chi connectivity index (χ4v) is 4.61. The van der Waals surface area contributed by atoms with Gasteiger partial charge in [0.1, 0.15) is 34.2 Å². The third kappa shape index (κ3) is 5.16. The van der Waals surface area contributed by atoms with Crippen molar-refractivity contribution >= 4 is 17.7 Å². The zero-order chi connectivity index (χ0) is 25.7. The van der Waals surface area contributed by atoms with Crippen molar-refractivity contribution in [3.8, 4) is 17.2 Å². The molecule has 0 bridgehead atoms. The Labute approximate surface area is 210 Å². The van der Waals surface area contributed by atoms with Crippen molar-refractivity contribution < 1.29 is 29.0 Å². The number of nitrogens with zero attached hydrogens (tertiary/aromatic N) is 1. The Morgan fingerprint density at radius 3 is 2.19 bits per heavy atom. The van der Waals surface area contributed by atoms with Gasteiger partial charge in [-0.25, -0.2) is 9.59 Å². The predicted molar refractivity (Wildman–Crippen MR) is 135 cm³/mol. The van der Waals surface area contributed by atoms with Crippen molar-refractivity contribution in [2.45, 2.75) is 31.6 Å². The summed E-state index contributed by atoms with van der Waals surface area (Å²) in [5, 5.41) is 9.94. The highest BCUT2D eigenvalue weighted by Crippen LogP contribution is 2.38. The number of carbonyl (C=O) groups is 3. The minimum absolute atomic E-state index is 0.0138. The second kappa shape index (κ2) is 10.7. The molecule has 0 radical (unpaired) electrons. The Morgan fingerprint density at radius 1 is 0.861 bits per heavy atom. The molecule has 0 aliphatic carbocycles. The summed E-state index contributed by atoms with van der Waals surface area (Å²) in [6.45, 7) is 3.50. The summed E-state index contributed by atoms with van der Waals surface area (Å²) in [7, 11) is 2.04. The average Bonchev–Trinajstić information content (AvgIpc) is 2.89. The quantitative estimate of drug-likeness (QED) is 0.379. The van der Waals surface area contributed by atoms with Crippen LogP contribution >= 0.6 is 0 Å². The number of benzene rings is 3. The Balaban J connectivity index is 1.57. The van der Waals surface area contributed by atoms with Crippen LogP contribution in [0.15, 0.2) is 72.8 Å². The van der Waals surface area contributed by atoms with Gasteiger partial charge in [-0.3, -0.25) is 4.79 Å². The summed E-state index contributed by atoms with van der Waals surface area (Å²) in [6, 6.07) is 19.4. The van der Waals surface area contributed by atoms with Gasteiger partial charge in [-0.05, 0) is 74.9 Å². The van der Waals surface area contributed by atoms with Gasteiger partial charge in [0.05, 0.1) is 5.41 Å². The van der Waals surface area contributed by atoms with E-state index in [9.17, 15) is 19.5 Å². The summed E-state index contributed by atoms with van der Waals surface area (Å²) in [4.78, 5) is 40.9. The highest BCUT2D eigenvalue weighted by atomic mass is 16.6. The number of carbonyl (C=O) groups excluding carboxylic acids is 3. The van der Waals surface area contributed by atoms with Gasteiger partial charge in [0.15, 0.2) is 0 Å². The summed E-state index contributed by atoms with van der Waals surface area (Å²) in [6.07, 6.45) is 1.85. The average molecular weight is 488 g/mol. The number of phenolic OH excluding ortho intramolecular Hbond substituents is 1. The highest BCUT2D eigenvalue weighted by molar-refractivity contribution is 5.98. The second-order valence-corrected chi connectivity index (χ2v) is 8.98. The Morgan fingerprint density at radius 2 is 1.50 bits per heavy atom. The van der Waals surface area contributed by atoms with E-state index in [0.717, 1.165) is 18.7 Å². The fraction of sp³-hybridized carbons (Fsp3) is 0.276. The number of Topliss-reactive ketones (excluding diaryl/α,β-unsaturated/α-hetero) is 1. The summed E-state index contributed by atoms with van der Waals surface area (Å²) >= 11 is 0. The molecule has 0 amide bonds. The molecular formula is C29H29NO6. The third-order valence-electron chi connectivity index (χ3n) is 6.73. The molecule has 36 heavy (non-hydrogen) atoms.